The van der Waals surface area contributed by atoms with E-state index in [-0.39, 0.29) is 6.61 Å². The molecule has 0 spiro atoms. The Balaban J connectivity index is 1.58. The van der Waals surface area contributed by atoms with Crippen LogP contribution in [0.1, 0.15) is 38.2 Å². The van der Waals surface area contributed by atoms with Crippen molar-refractivity contribution in [2.75, 3.05) is 32.8 Å². The molecule has 0 amide bonds. The number of nitrogens with zero attached hydrogens (tertiary/aromatic N) is 2. The van der Waals surface area contributed by atoms with Crippen LogP contribution in [0.2, 0.25) is 0 Å². The van der Waals surface area contributed by atoms with Gasteiger partial charge in [0.1, 0.15) is 5.75 Å². The molecule has 1 saturated carbocycles. The normalized spacial score (nSPS) is 23.7. The van der Waals surface area contributed by atoms with Crippen LogP contribution in [0, 0.1) is 0 Å². The Bertz CT molecular complexity index is 473. The number of aliphatic hydroxyl groups is 1. The third kappa shape index (κ3) is 4.25. The summed E-state index contributed by atoms with van der Waals surface area (Å²) in [6.45, 7) is 7.36. The Kier molecular flexibility index (Phi) is 5.92. The fourth-order valence-corrected chi connectivity index (χ4v) is 3.72. The van der Waals surface area contributed by atoms with Crippen molar-refractivity contribution in [1.29, 1.82) is 0 Å². The lowest BCUT2D eigenvalue weighted by molar-refractivity contribution is 0.0112. The number of piperazine rings is 1. The molecule has 1 aromatic rings. The molecule has 1 aliphatic carbocycles. The number of ether oxygens (including phenoxy) is 1. The van der Waals surface area contributed by atoms with Gasteiger partial charge in [-0.2, -0.15) is 0 Å². The van der Waals surface area contributed by atoms with Crippen LogP contribution in [-0.2, 0) is 6.54 Å². The molecular weight excluding hydrogens is 288 g/mol. The molecule has 1 N–H and O–H groups in total. The quantitative estimate of drug-likeness (QED) is 0.838. The average molecular weight is 318 g/mol. The molecule has 2 aliphatic rings. The Hall–Kier alpha value is -1.10. The lowest BCUT2D eigenvalue weighted by Gasteiger charge is -2.47. The highest BCUT2D eigenvalue weighted by molar-refractivity contribution is 5.27. The standard InChI is InChI=1S/C19H30N2O2/c1-2-23-19-8-6-16(7-9-19)14-20-11-12-21(17-4-3-5-17)15-18(20)10-13-22/h6-9,17-18,22H,2-5,10-15H2,1H3/t18-/m0/s1. The lowest BCUT2D eigenvalue weighted by atomic mass is 9.90. The third-order valence-corrected chi connectivity index (χ3v) is 5.31. The zero-order valence-electron chi connectivity index (χ0n) is 14.3. The molecule has 1 aromatic carbocycles. The molecule has 2 fully saturated rings. The van der Waals surface area contributed by atoms with E-state index >= 15 is 0 Å². The fraction of sp³-hybridized carbons (Fsp3) is 0.684. The van der Waals surface area contributed by atoms with E-state index < -0.39 is 0 Å². The molecule has 128 valence electrons. The predicted molar refractivity (Wildman–Crippen MR) is 92.7 cm³/mol. The van der Waals surface area contributed by atoms with Crippen LogP contribution in [-0.4, -0.2) is 59.8 Å². The molecule has 0 bridgehead atoms. The Morgan fingerprint density at radius 3 is 2.57 bits per heavy atom. The highest BCUT2D eigenvalue weighted by atomic mass is 16.5. The summed E-state index contributed by atoms with van der Waals surface area (Å²) in [6.07, 6.45) is 5.00. The van der Waals surface area contributed by atoms with Gasteiger partial charge in [0.05, 0.1) is 6.61 Å². The van der Waals surface area contributed by atoms with Crippen LogP contribution >= 0.6 is 0 Å². The highest BCUT2D eigenvalue weighted by Crippen LogP contribution is 2.28. The van der Waals surface area contributed by atoms with E-state index in [2.05, 4.69) is 34.1 Å². The molecular formula is C19H30N2O2. The van der Waals surface area contributed by atoms with Crippen LogP contribution in [0.4, 0.5) is 0 Å². The molecule has 0 unspecified atom stereocenters. The Labute approximate surface area is 140 Å². The van der Waals surface area contributed by atoms with Crippen LogP contribution in [0.5, 0.6) is 5.75 Å². The number of hydrogen-bond donors (Lipinski definition) is 1. The van der Waals surface area contributed by atoms with E-state index in [0.717, 1.165) is 37.8 Å². The maximum absolute atomic E-state index is 9.43. The maximum Gasteiger partial charge on any atom is 0.119 e. The Morgan fingerprint density at radius 2 is 1.96 bits per heavy atom. The fourth-order valence-electron chi connectivity index (χ4n) is 3.72. The smallest absolute Gasteiger partial charge is 0.119 e. The van der Waals surface area contributed by atoms with E-state index in [1.54, 1.807) is 0 Å². The van der Waals surface area contributed by atoms with Gasteiger partial charge in [0, 0.05) is 44.9 Å². The molecule has 1 atom stereocenters. The van der Waals surface area contributed by atoms with Crippen molar-refractivity contribution in [2.24, 2.45) is 0 Å². The first-order valence-corrected chi connectivity index (χ1v) is 9.11. The van der Waals surface area contributed by atoms with Crippen LogP contribution in [0.15, 0.2) is 24.3 Å². The summed E-state index contributed by atoms with van der Waals surface area (Å²) in [5, 5.41) is 9.43. The first kappa shape index (κ1) is 16.7. The van der Waals surface area contributed by atoms with Gasteiger partial charge in [0.2, 0.25) is 0 Å². The van der Waals surface area contributed by atoms with Crippen molar-refractivity contribution in [3.63, 3.8) is 0 Å². The van der Waals surface area contributed by atoms with Gasteiger partial charge in [0.25, 0.3) is 0 Å². The van der Waals surface area contributed by atoms with Gasteiger partial charge in [-0.15, -0.1) is 0 Å². The number of rotatable bonds is 7. The van der Waals surface area contributed by atoms with Crippen molar-refractivity contribution in [3.05, 3.63) is 29.8 Å². The van der Waals surface area contributed by atoms with Crippen molar-refractivity contribution in [1.82, 2.24) is 9.80 Å². The van der Waals surface area contributed by atoms with Gasteiger partial charge in [-0.25, -0.2) is 0 Å². The minimum absolute atomic E-state index is 0.281. The van der Waals surface area contributed by atoms with E-state index in [9.17, 15) is 5.11 Å². The van der Waals surface area contributed by atoms with Gasteiger partial charge in [-0.1, -0.05) is 18.6 Å². The van der Waals surface area contributed by atoms with E-state index in [1.165, 1.54) is 31.4 Å². The summed E-state index contributed by atoms with van der Waals surface area (Å²) in [4.78, 5) is 5.19. The van der Waals surface area contributed by atoms with Gasteiger partial charge < -0.3 is 9.84 Å². The first-order valence-electron chi connectivity index (χ1n) is 9.11. The molecule has 4 heteroatoms. The third-order valence-electron chi connectivity index (χ3n) is 5.31. The zero-order chi connectivity index (χ0) is 16.1. The summed E-state index contributed by atoms with van der Waals surface area (Å²) < 4.78 is 5.52. The summed E-state index contributed by atoms with van der Waals surface area (Å²) in [5.41, 5.74) is 1.33. The van der Waals surface area contributed by atoms with Gasteiger partial charge >= 0.3 is 0 Å². The van der Waals surface area contributed by atoms with Gasteiger partial charge in [-0.05, 0) is 43.9 Å². The average Bonchev–Trinajstić information content (AvgIpc) is 2.50. The zero-order valence-corrected chi connectivity index (χ0v) is 14.3. The van der Waals surface area contributed by atoms with Crippen LogP contribution in [0.25, 0.3) is 0 Å². The first-order chi connectivity index (χ1) is 11.3. The molecule has 3 rings (SSSR count). The van der Waals surface area contributed by atoms with Crippen molar-refractivity contribution in [2.45, 2.75) is 51.2 Å². The maximum atomic E-state index is 9.43. The molecule has 0 aromatic heterocycles. The summed E-state index contributed by atoms with van der Waals surface area (Å²) >= 11 is 0. The molecule has 0 radical (unpaired) electrons. The Morgan fingerprint density at radius 1 is 1.17 bits per heavy atom. The SMILES string of the molecule is CCOc1ccc(CN2CCN(C3CCC3)C[C@@H]2CCO)cc1. The predicted octanol–water partition coefficient (Wildman–Crippen LogP) is 2.51. The van der Waals surface area contributed by atoms with Crippen molar-refractivity contribution in [3.8, 4) is 5.75 Å². The van der Waals surface area contributed by atoms with Crippen LogP contribution in [0.3, 0.4) is 0 Å². The largest absolute Gasteiger partial charge is 0.494 e. The van der Waals surface area contributed by atoms with E-state index in [1.807, 2.05) is 6.92 Å². The molecule has 1 heterocycles. The van der Waals surface area contributed by atoms with E-state index in [0.29, 0.717) is 12.6 Å². The van der Waals surface area contributed by atoms with Gasteiger partial charge in [-0.3, -0.25) is 9.80 Å². The molecule has 1 saturated heterocycles. The van der Waals surface area contributed by atoms with Crippen LogP contribution < -0.4 is 4.74 Å². The number of benzene rings is 1. The second-order valence-electron chi connectivity index (χ2n) is 6.79. The van der Waals surface area contributed by atoms with E-state index in [4.69, 9.17) is 4.74 Å². The minimum Gasteiger partial charge on any atom is -0.494 e. The highest BCUT2D eigenvalue weighted by Gasteiger charge is 2.32. The lowest BCUT2D eigenvalue weighted by Crippen LogP contribution is -2.57. The number of aliphatic hydroxyl groups excluding tert-OH is 1. The molecule has 4 nitrogen and oxygen atoms in total. The van der Waals surface area contributed by atoms with Crippen molar-refractivity contribution < 1.29 is 9.84 Å². The second-order valence-corrected chi connectivity index (χ2v) is 6.79. The van der Waals surface area contributed by atoms with Gasteiger partial charge in [0.15, 0.2) is 0 Å². The topological polar surface area (TPSA) is 35.9 Å². The number of hydrogen-bond acceptors (Lipinski definition) is 4. The molecule has 1 aliphatic heterocycles. The monoisotopic (exact) mass is 318 g/mol. The summed E-state index contributed by atoms with van der Waals surface area (Å²) in [6, 6.07) is 9.73. The second kappa shape index (κ2) is 8.13. The summed E-state index contributed by atoms with van der Waals surface area (Å²) in [5.74, 6) is 0.943. The minimum atomic E-state index is 0.281. The van der Waals surface area contributed by atoms with Crippen molar-refractivity contribution >= 4 is 0 Å². The molecule has 23 heavy (non-hydrogen) atoms. The summed E-state index contributed by atoms with van der Waals surface area (Å²) in [7, 11) is 0.